The Balaban J connectivity index is 1.43. The second kappa shape index (κ2) is 9.68. The maximum Gasteiger partial charge on any atom is 0.329 e. The number of nitrogens with zero attached hydrogens (tertiary/aromatic N) is 1. The number of carbonyl (C=O) groups is 4. The van der Waals surface area contributed by atoms with E-state index in [0.29, 0.717) is 24.3 Å². The molecule has 2 heterocycles. The van der Waals surface area contributed by atoms with Gasteiger partial charge in [-0.1, -0.05) is 25.3 Å². The molecule has 1 aliphatic carbocycles. The molecule has 8 nitrogen and oxygen atoms in total. The van der Waals surface area contributed by atoms with Crippen molar-refractivity contribution in [1.29, 1.82) is 0 Å². The van der Waals surface area contributed by atoms with Gasteiger partial charge in [-0.25, -0.2) is 9.59 Å². The number of ether oxygens (including phenoxy) is 1. The summed E-state index contributed by atoms with van der Waals surface area (Å²) >= 11 is 1.32. The van der Waals surface area contributed by atoms with E-state index in [2.05, 4.69) is 10.6 Å². The van der Waals surface area contributed by atoms with Gasteiger partial charge in [-0.05, 0) is 37.1 Å². The summed E-state index contributed by atoms with van der Waals surface area (Å²) in [7, 11) is 0. The van der Waals surface area contributed by atoms with Crippen molar-refractivity contribution in [2.75, 3.05) is 13.2 Å². The first kappa shape index (κ1) is 20.3. The van der Waals surface area contributed by atoms with E-state index in [1.54, 1.807) is 17.5 Å². The van der Waals surface area contributed by atoms with Crippen LogP contribution >= 0.6 is 11.3 Å². The minimum Gasteiger partial charge on any atom is -0.454 e. The lowest BCUT2D eigenvalue weighted by Crippen LogP contribution is -2.47. The smallest absolute Gasteiger partial charge is 0.329 e. The second-order valence-corrected chi connectivity index (χ2v) is 8.05. The van der Waals surface area contributed by atoms with Gasteiger partial charge in [-0.3, -0.25) is 14.9 Å². The Morgan fingerprint density at radius 3 is 2.61 bits per heavy atom. The maximum atomic E-state index is 12.5. The van der Waals surface area contributed by atoms with Crippen molar-refractivity contribution in [2.24, 2.45) is 0 Å². The molecule has 1 saturated heterocycles. The van der Waals surface area contributed by atoms with Crippen molar-refractivity contribution < 1.29 is 23.9 Å². The number of esters is 1. The molecule has 0 bridgehead atoms. The van der Waals surface area contributed by atoms with Gasteiger partial charge >= 0.3 is 12.0 Å². The van der Waals surface area contributed by atoms with Crippen LogP contribution in [0.1, 0.15) is 54.6 Å². The van der Waals surface area contributed by atoms with Gasteiger partial charge in [0, 0.05) is 12.6 Å². The summed E-state index contributed by atoms with van der Waals surface area (Å²) in [6.07, 6.45) is 6.32. The number of carbonyl (C=O) groups excluding carboxylic acids is 4. The van der Waals surface area contributed by atoms with Gasteiger partial charge in [-0.15, -0.1) is 11.3 Å². The predicted octanol–water partition coefficient (Wildman–Crippen LogP) is 2.05. The molecule has 1 aliphatic heterocycles. The highest BCUT2D eigenvalue weighted by molar-refractivity contribution is 7.12. The van der Waals surface area contributed by atoms with Crippen LogP contribution in [0.15, 0.2) is 17.5 Å². The van der Waals surface area contributed by atoms with Crippen LogP contribution in [0.5, 0.6) is 0 Å². The topological polar surface area (TPSA) is 105 Å². The Hall–Kier alpha value is -2.42. The molecular weight excluding hydrogens is 382 g/mol. The lowest BCUT2D eigenvalue weighted by Gasteiger charge is -2.23. The molecule has 0 spiro atoms. The molecular formula is C19H25N3O5S. The maximum absolute atomic E-state index is 12.5. The Morgan fingerprint density at radius 1 is 1.11 bits per heavy atom. The first-order chi connectivity index (χ1) is 13.5. The lowest BCUT2D eigenvalue weighted by atomic mass is 9.96. The molecule has 0 radical (unpaired) electrons. The highest BCUT2D eigenvalue weighted by Crippen LogP contribution is 2.23. The van der Waals surface area contributed by atoms with E-state index in [1.165, 1.54) is 22.7 Å². The predicted molar refractivity (Wildman–Crippen MR) is 103 cm³/mol. The molecule has 1 atom stereocenters. The molecule has 3 rings (SSSR count). The van der Waals surface area contributed by atoms with Crippen LogP contribution in [0.2, 0.25) is 0 Å². The molecule has 0 aromatic carbocycles. The fourth-order valence-electron chi connectivity index (χ4n) is 3.66. The van der Waals surface area contributed by atoms with E-state index in [9.17, 15) is 19.2 Å². The minimum absolute atomic E-state index is 0.0828. The van der Waals surface area contributed by atoms with E-state index in [4.69, 9.17) is 4.74 Å². The molecule has 1 aromatic heterocycles. The number of rotatable bonds is 5. The van der Waals surface area contributed by atoms with Gasteiger partial charge in [0.25, 0.3) is 11.8 Å². The molecule has 4 amide bonds. The Labute approximate surface area is 167 Å². The number of likely N-dealkylation sites (tertiary alicyclic amines) is 1. The average Bonchev–Trinajstić information content (AvgIpc) is 3.38. The summed E-state index contributed by atoms with van der Waals surface area (Å²) in [5.74, 6) is -1.51. The lowest BCUT2D eigenvalue weighted by molar-refractivity contribution is -0.152. The molecule has 2 fully saturated rings. The van der Waals surface area contributed by atoms with Crippen LogP contribution in [-0.4, -0.2) is 54.0 Å². The standard InChI is InChI=1S/C19H25N3O5S/c23-16(21-19(26)20-13-6-2-1-3-7-13)12-27-18(25)14-8-4-10-22(14)17(24)15-9-5-11-28-15/h5,9,11,13-14H,1-4,6-8,10,12H2,(H2,20,21,23,26)/t14-/m0/s1. The second-order valence-electron chi connectivity index (χ2n) is 7.10. The number of nitrogens with one attached hydrogen (secondary N) is 2. The molecule has 9 heteroatoms. The number of thiophene rings is 1. The van der Waals surface area contributed by atoms with Crippen molar-refractivity contribution in [3.63, 3.8) is 0 Å². The van der Waals surface area contributed by atoms with E-state index < -0.39 is 30.6 Å². The molecule has 152 valence electrons. The van der Waals surface area contributed by atoms with E-state index in [1.807, 2.05) is 0 Å². The molecule has 0 unspecified atom stereocenters. The minimum atomic E-state index is -0.696. The summed E-state index contributed by atoms with van der Waals surface area (Å²) in [6.45, 7) is -0.0685. The number of hydrogen-bond acceptors (Lipinski definition) is 6. The van der Waals surface area contributed by atoms with Crippen LogP contribution in [-0.2, 0) is 14.3 Å². The molecule has 2 aliphatic rings. The zero-order valence-corrected chi connectivity index (χ0v) is 16.5. The third-order valence-electron chi connectivity index (χ3n) is 5.06. The summed E-state index contributed by atoms with van der Waals surface area (Å²) in [4.78, 5) is 50.6. The third kappa shape index (κ3) is 5.31. The Kier molecular flexibility index (Phi) is 7.02. The van der Waals surface area contributed by atoms with Crippen LogP contribution in [0.4, 0.5) is 4.79 Å². The van der Waals surface area contributed by atoms with E-state index >= 15 is 0 Å². The SMILES string of the molecule is O=C(COC(=O)[C@@H]1CCCN1C(=O)c1cccs1)NC(=O)NC1CCCCC1. The number of imide groups is 1. The normalized spacial score (nSPS) is 19.9. The van der Waals surface area contributed by atoms with Crippen LogP contribution in [0, 0.1) is 0 Å². The zero-order chi connectivity index (χ0) is 19.9. The highest BCUT2D eigenvalue weighted by Gasteiger charge is 2.36. The highest BCUT2D eigenvalue weighted by atomic mass is 32.1. The van der Waals surface area contributed by atoms with Gasteiger partial charge in [0.15, 0.2) is 6.61 Å². The quantitative estimate of drug-likeness (QED) is 0.727. The van der Waals surface area contributed by atoms with Crippen molar-refractivity contribution >= 4 is 35.2 Å². The van der Waals surface area contributed by atoms with Crippen LogP contribution < -0.4 is 10.6 Å². The summed E-state index contributed by atoms with van der Waals surface area (Å²) in [6, 6.07) is 2.32. The Morgan fingerprint density at radius 2 is 1.89 bits per heavy atom. The molecule has 2 N–H and O–H groups in total. The van der Waals surface area contributed by atoms with E-state index in [-0.39, 0.29) is 11.9 Å². The van der Waals surface area contributed by atoms with Crippen molar-refractivity contribution in [3.8, 4) is 0 Å². The molecule has 1 saturated carbocycles. The average molecular weight is 407 g/mol. The summed E-state index contributed by atoms with van der Waals surface area (Å²) in [5.41, 5.74) is 0. The van der Waals surface area contributed by atoms with Gasteiger partial charge in [0.2, 0.25) is 0 Å². The van der Waals surface area contributed by atoms with Crippen LogP contribution in [0.25, 0.3) is 0 Å². The number of amides is 4. The van der Waals surface area contributed by atoms with Crippen molar-refractivity contribution in [3.05, 3.63) is 22.4 Å². The summed E-state index contributed by atoms with van der Waals surface area (Å²) in [5, 5.41) is 6.76. The largest absolute Gasteiger partial charge is 0.454 e. The monoisotopic (exact) mass is 407 g/mol. The fraction of sp³-hybridized carbons (Fsp3) is 0.579. The van der Waals surface area contributed by atoms with Crippen molar-refractivity contribution in [2.45, 2.75) is 57.0 Å². The van der Waals surface area contributed by atoms with E-state index in [0.717, 1.165) is 25.7 Å². The van der Waals surface area contributed by atoms with Gasteiger partial charge in [0.05, 0.1) is 4.88 Å². The first-order valence-corrected chi connectivity index (χ1v) is 10.5. The summed E-state index contributed by atoms with van der Waals surface area (Å²) < 4.78 is 5.05. The van der Waals surface area contributed by atoms with Gasteiger partial charge < -0.3 is 15.0 Å². The number of urea groups is 1. The fourth-order valence-corrected chi connectivity index (χ4v) is 4.34. The first-order valence-electron chi connectivity index (χ1n) is 9.66. The molecule has 1 aromatic rings. The zero-order valence-electron chi connectivity index (χ0n) is 15.6. The number of hydrogen-bond donors (Lipinski definition) is 2. The third-order valence-corrected chi connectivity index (χ3v) is 5.91. The van der Waals surface area contributed by atoms with Crippen molar-refractivity contribution in [1.82, 2.24) is 15.5 Å². The molecule has 28 heavy (non-hydrogen) atoms. The van der Waals surface area contributed by atoms with Gasteiger partial charge in [-0.2, -0.15) is 0 Å². The Bertz CT molecular complexity index is 715. The van der Waals surface area contributed by atoms with Crippen LogP contribution in [0.3, 0.4) is 0 Å². The van der Waals surface area contributed by atoms with Gasteiger partial charge in [0.1, 0.15) is 6.04 Å².